The van der Waals surface area contributed by atoms with Gasteiger partial charge in [-0.15, -0.1) is 0 Å². The molecule has 6 heteroatoms. The number of para-hydroxylation sites is 2. The van der Waals surface area contributed by atoms with E-state index in [0.29, 0.717) is 17.7 Å². The number of nitrogens with one attached hydrogen (secondary N) is 1. The Kier molecular flexibility index (Phi) is 3.03. The molecule has 0 bridgehead atoms. The summed E-state index contributed by atoms with van der Waals surface area (Å²) in [6.07, 6.45) is 2.15. The van der Waals surface area contributed by atoms with Crippen LogP contribution in [0.2, 0.25) is 0 Å². The van der Waals surface area contributed by atoms with Crippen molar-refractivity contribution in [2.75, 3.05) is 17.6 Å². The summed E-state index contributed by atoms with van der Waals surface area (Å²) < 4.78 is 11.3. The average molecular weight is 289 g/mol. The Bertz CT molecular complexity index is 610. The summed E-state index contributed by atoms with van der Waals surface area (Å²) in [5.41, 5.74) is 1.01. The lowest BCUT2D eigenvalue weighted by atomic mass is 10.2. The summed E-state index contributed by atoms with van der Waals surface area (Å²) in [7, 11) is 0. The first kappa shape index (κ1) is 12.1. The summed E-state index contributed by atoms with van der Waals surface area (Å²) in [5, 5.41) is 7.83. The number of aromatic nitrogens is 2. The van der Waals surface area contributed by atoms with Crippen LogP contribution in [0.4, 0.5) is 5.69 Å². The molecular formula is C14H15N3O2S. The van der Waals surface area contributed by atoms with Crippen molar-refractivity contribution in [2.24, 2.45) is 0 Å². The lowest BCUT2D eigenvalue weighted by molar-refractivity contribution is 0.162. The molecule has 1 N–H and O–H groups in total. The zero-order valence-electron chi connectivity index (χ0n) is 10.9. The van der Waals surface area contributed by atoms with Crippen molar-refractivity contribution in [1.82, 2.24) is 10.1 Å². The Labute approximate surface area is 121 Å². The molecule has 0 saturated carbocycles. The van der Waals surface area contributed by atoms with Gasteiger partial charge in [0.1, 0.15) is 5.75 Å². The average Bonchev–Trinajstić information content (AvgIpc) is 3.17. The molecular weight excluding hydrogens is 274 g/mol. The molecule has 2 aromatic rings. The molecule has 2 unspecified atom stereocenters. The Morgan fingerprint density at radius 3 is 3.15 bits per heavy atom. The van der Waals surface area contributed by atoms with Gasteiger partial charge in [0.2, 0.25) is 0 Å². The maximum Gasteiger partial charge on any atom is 0.269 e. The van der Waals surface area contributed by atoms with Crippen LogP contribution in [0.25, 0.3) is 0 Å². The van der Waals surface area contributed by atoms with E-state index in [1.807, 2.05) is 36.0 Å². The van der Waals surface area contributed by atoms with Crippen LogP contribution in [-0.2, 0) is 0 Å². The number of benzene rings is 1. The van der Waals surface area contributed by atoms with Gasteiger partial charge in [0.15, 0.2) is 11.9 Å². The second-order valence-electron chi connectivity index (χ2n) is 4.98. The van der Waals surface area contributed by atoms with Crippen LogP contribution in [0.15, 0.2) is 28.8 Å². The molecule has 0 aliphatic carbocycles. The standard InChI is InChI=1S/C14H15N3O2S/c1-2-5-10-9(4-1)15-8-11(18-10)14-16-13(17-19-14)12-6-3-7-20-12/h1-2,4-5,11-12,15H,3,6-8H2. The van der Waals surface area contributed by atoms with Crippen LogP contribution in [0.1, 0.15) is 35.9 Å². The van der Waals surface area contributed by atoms with Gasteiger partial charge in [-0.05, 0) is 30.7 Å². The maximum atomic E-state index is 5.93. The van der Waals surface area contributed by atoms with Gasteiger partial charge in [0.25, 0.3) is 5.89 Å². The molecule has 0 radical (unpaired) electrons. The van der Waals surface area contributed by atoms with Crippen molar-refractivity contribution >= 4 is 17.4 Å². The molecule has 1 aromatic carbocycles. The fourth-order valence-corrected chi connectivity index (χ4v) is 3.74. The van der Waals surface area contributed by atoms with Gasteiger partial charge in [-0.1, -0.05) is 17.3 Å². The van der Waals surface area contributed by atoms with Crippen molar-refractivity contribution in [3.05, 3.63) is 36.0 Å². The lowest BCUT2D eigenvalue weighted by Gasteiger charge is -2.24. The fourth-order valence-electron chi connectivity index (χ4n) is 2.54. The number of anilines is 1. The molecule has 20 heavy (non-hydrogen) atoms. The number of fused-ring (bicyclic) bond motifs is 1. The Morgan fingerprint density at radius 1 is 1.30 bits per heavy atom. The smallest absolute Gasteiger partial charge is 0.269 e. The predicted molar refractivity (Wildman–Crippen MR) is 77.0 cm³/mol. The summed E-state index contributed by atoms with van der Waals surface area (Å²) in [6.45, 7) is 0.649. The highest BCUT2D eigenvalue weighted by atomic mass is 32.2. The third-order valence-corrected chi connectivity index (χ3v) is 4.96. The first-order chi connectivity index (χ1) is 9.90. The van der Waals surface area contributed by atoms with Gasteiger partial charge in [-0.2, -0.15) is 16.7 Å². The Balaban J connectivity index is 1.54. The second kappa shape index (κ2) is 5.01. The molecule has 1 aromatic heterocycles. The number of thioether (sulfide) groups is 1. The molecule has 1 saturated heterocycles. The first-order valence-corrected chi connectivity index (χ1v) is 7.90. The lowest BCUT2D eigenvalue weighted by Crippen LogP contribution is -2.23. The highest BCUT2D eigenvalue weighted by Gasteiger charge is 2.29. The number of rotatable bonds is 2. The Hall–Kier alpha value is -1.69. The van der Waals surface area contributed by atoms with Crippen molar-refractivity contribution in [3.8, 4) is 5.75 Å². The van der Waals surface area contributed by atoms with Crippen LogP contribution in [0.3, 0.4) is 0 Å². The number of hydrogen-bond donors (Lipinski definition) is 1. The van der Waals surface area contributed by atoms with E-state index in [4.69, 9.17) is 9.26 Å². The van der Waals surface area contributed by atoms with E-state index >= 15 is 0 Å². The zero-order chi connectivity index (χ0) is 13.4. The van der Waals surface area contributed by atoms with Gasteiger partial charge in [0, 0.05) is 0 Å². The van der Waals surface area contributed by atoms with E-state index in [-0.39, 0.29) is 6.10 Å². The predicted octanol–water partition coefficient (Wildman–Crippen LogP) is 3.18. The summed E-state index contributed by atoms with van der Waals surface area (Å²) >= 11 is 1.90. The van der Waals surface area contributed by atoms with Gasteiger partial charge in [-0.25, -0.2) is 0 Å². The molecule has 2 aliphatic heterocycles. The van der Waals surface area contributed by atoms with E-state index < -0.39 is 0 Å². The topological polar surface area (TPSA) is 60.2 Å². The highest BCUT2D eigenvalue weighted by Crippen LogP contribution is 2.39. The largest absolute Gasteiger partial charge is 0.477 e. The highest BCUT2D eigenvalue weighted by molar-refractivity contribution is 7.99. The minimum Gasteiger partial charge on any atom is -0.477 e. The van der Waals surface area contributed by atoms with Crippen molar-refractivity contribution in [1.29, 1.82) is 0 Å². The minimum absolute atomic E-state index is 0.211. The van der Waals surface area contributed by atoms with Crippen LogP contribution in [0.5, 0.6) is 5.75 Å². The number of nitrogens with zero attached hydrogens (tertiary/aromatic N) is 2. The summed E-state index contributed by atoms with van der Waals surface area (Å²) in [5.74, 6) is 3.39. The molecule has 3 heterocycles. The van der Waals surface area contributed by atoms with Gasteiger partial charge >= 0.3 is 0 Å². The molecule has 2 atom stereocenters. The maximum absolute atomic E-state index is 5.93. The molecule has 1 fully saturated rings. The van der Waals surface area contributed by atoms with Crippen LogP contribution in [0, 0.1) is 0 Å². The van der Waals surface area contributed by atoms with E-state index in [1.54, 1.807) is 0 Å². The molecule has 0 amide bonds. The summed E-state index contributed by atoms with van der Waals surface area (Å²) in [4.78, 5) is 4.53. The van der Waals surface area contributed by atoms with Crippen molar-refractivity contribution < 1.29 is 9.26 Å². The number of ether oxygens (including phenoxy) is 1. The van der Waals surface area contributed by atoms with Gasteiger partial charge in [-0.3, -0.25) is 0 Å². The molecule has 2 aliphatic rings. The van der Waals surface area contributed by atoms with E-state index in [9.17, 15) is 0 Å². The number of hydrogen-bond acceptors (Lipinski definition) is 6. The third kappa shape index (κ3) is 2.14. The van der Waals surface area contributed by atoms with E-state index in [0.717, 1.165) is 23.7 Å². The van der Waals surface area contributed by atoms with E-state index in [1.165, 1.54) is 12.2 Å². The van der Waals surface area contributed by atoms with Crippen LogP contribution in [-0.4, -0.2) is 22.4 Å². The van der Waals surface area contributed by atoms with Crippen molar-refractivity contribution in [3.63, 3.8) is 0 Å². The Morgan fingerprint density at radius 2 is 2.25 bits per heavy atom. The SMILES string of the molecule is c1ccc2c(c1)NCC(c1nc(C3CCCS3)no1)O2. The summed E-state index contributed by atoms with van der Waals surface area (Å²) in [6, 6.07) is 7.88. The normalized spacial score (nSPS) is 24.8. The van der Waals surface area contributed by atoms with Gasteiger partial charge < -0.3 is 14.6 Å². The molecule has 104 valence electrons. The quantitative estimate of drug-likeness (QED) is 0.916. The van der Waals surface area contributed by atoms with Crippen LogP contribution >= 0.6 is 11.8 Å². The second-order valence-corrected chi connectivity index (χ2v) is 6.29. The van der Waals surface area contributed by atoms with Crippen LogP contribution < -0.4 is 10.1 Å². The van der Waals surface area contributed by atoms with Crippen molar-refractivity contribution in [2.45, 2.75) is 24.2 Å². The zero-order valence-corrected chi connectivity index (χ0v) is 11.7. The molecule has 5 nitrogen and oxygen atoms in total. The van der Waals surface area contributed by atoms with Gasteiger partial charge in [0.05, 0.1) is 17.5 Å². The first-order valence-electron chi connectivity index (χ1n) is 6.85. The minimum atomic E-state index is -0.211. The monoisotopic (exact) mass is 289 g/mol. The fraction of sp³-hybridized carbons (Fsp3) is 0.429. The molecule has 0 spiro atoms. The molecule has 4 rings (SSSR count). The third-order valence-electron chi connectivity index (χ3n) is 3.58. The van der Waals surface area contributed by atoms with E-state index in [2.05, 4.69) is 15.5 Å².